The number of halogens is 1. The van der Waals surface area contributed by atoms with Crippen LogP contribution in [0.2, 0.25) is 0 Å². The van der Waals surface area contributed by atoms with Crippen molar-refractivity contribution in [3.63, 3.8) is 0 Å². The van der Waals surface area contributed by atoms with Crippen LogP contribution >= 0.6 is 15.9 Å². The summed E-state index contributed by atoms with van der Waals surface area (Å²) in [5.41, 5.74) is 3.03. The predicted molar refractivity (Wildman–Crippen MR) is 120 cm³/mol. The highest BCUT2D eigenvalue weighted by Crippen LogP contribution is 2.42. The molecule has 2 fully saturated rings. The van der Waals surface area contributed by atoms with Gasteiger partial charge < -0.3 is 4.90 Å². The van der Waals surface area contributed by atoms with Crippen molar-refractivity contribution in [1.29, 1.82) is 0 Å². The number of carbonyl (C=O) groups excluding carboxylic acids is 2. The highest BCUT2D eigenvalue weighted by Gasteiger charge is 2.37. The molecular formula is C24H23BrN4O2. The van der Waals surface area contributed by atoms with Crippen molar-refractivity contribution in [1.82, 2.24) is 19.9 Å². The Bertz CT molecular complexity index is 1100. The summed E-state index contributed by atoms with van der Waals surface area (Å²) in [6.45, 7) is 1.13. The molecule has 5 rings (SSSR count). The van der Waals surface area contributed by atoms with Gasteiger partial charge in [-0.1, -0.05) is 51.5 Å². The first kappa shape index (κ1) is 20.1. The van der Waals surface area contributed by atoms with Gasteiger partial charge in [-0.25, -0.2) is 4.68 Å². The van der Waals surface area contributed by atoms with Gasteiger partial charge in [0.15, 0.2) is 11.5 Å². The fraction of sp³-hybridized carbons (Fsp3) is 0.333. The zero-order valence-corrected chi connectivity index (χ0v) is 18.7. The third-order valence-corrected chi connectivity index (χ3v) is 6.68. The summed E-state index contributed by atoms with van der Waals surface area (Å²) < 4.78 is 2.80. The summed E-state index contributed by atoms with van der Waals surface area (Å²) in [7, 11) is 0. The topological polar surface area (TPSA) is 68.1 Å². The summed E-state index contributed by atoms with van der Waals surface area (Å²) in [6.07, 6.45) is 3.47. The normalized spacial score (nSPS) is 17.0. The lowest BCUT2D eigenvalue weighted by atomic mass is 9.89. The van der Waals surface area contributed by atoms with E-state index in [1.54, 1.807) is 0 Å². The van der Waals surface area contributed by atoms with Gasteiger partial charge in [0.2, 0.25) is 0 Å². The average molecular weight is 479 g/mol. The van der Waals surface area contributed by atoms with Gasteiger partial charge in [0, 0.05) is 35.0 Å². The minimum atomic E-state index is -0.0733. The van der Waals surface area contributed by atoms with Crippen LogP contribution in [0.15, 0.2) is 59.1 Å². The molecule has 0 unspecified atom stereocenters. The molecule has 1 amide bonds. The first-order valence-corrected chi connectivity index (χ1v) is 11.5. The monoisotopic (exact) mass is 478 g/mol. The molecule has 1 aromatic heterocycles. The molecule has 2 aromatic carbocycles. The van der Waals surface area contributed by atoms with Crippen LogP contribution in [0, 0.1) is 5.92 Å². The Morgan fingerprint density at radius 1 is 0.903 bits per heavy atom. The Morgan fingerprint density at radius 2 is 1.58 bits per heavy atom. The zero-order valence-electron chi connectivity index (χ0n) is 17.1. The number of hydrogen-bond acceptors (Lipinski definition) is 4. The quantitative estimate of drug-likeness (QED) is 0.500. The molecular weight excluding hydrogens is 456 g/mol. The first-order valence-electron chi connectivity index (χ1n) is 10.7. The van der Waals surface area contributed by atoms with Gasteiger partial charge in [-0.05, 0) is 49.9 Å². The molecule has 2 aliphatic rings. The van der Waals surface area contributed by atoms with Crippen LogP contribution in [0.3, 0.4) is 0 Å². The highest BCUT2D eigenvalue weighted by atomic mass is 79.9. The Labute approximate surface area is 189 Å². The minimum Gasteiger partial charge on any atom is -0.337 e. The summed E-state index contributed by atoms with van der Waals surface area (Å²) in [6, 6.07) is 17.3. The van der Waals surface area contributed by atoms with Gasteiger partial charge >= 0.3 is 0 Å². The van der Waals surface area contributed by atoms with Crippen LogP contribution in [0.1, 0.15) is 58.1 Å². The van der Waals surface area contributed by atoms with Gasteiger partial charge in [-0.2, -0.15) is 0 Å². The minimum absolute atomic E-state index is 0.0344. The number of nitrogens with zero attached hydrogens (tertiary/aromatic N) is 4. The van der Waals surface area contributed by atoms with E-state index in [-0.39, 0.29) is 17.6 Å². The summed E-state index contributed by atoms with van der Waals surface area (Å²) in [4.78, 5) is 27.9. The molecule has 7 heteroatoms. The van der Waals surface area contributed by atoms with Crippen molar-refractivity contribution in [2.24, 2.45) is 5.92 Å². The molecule has 1 saturated heterocycles. The van der Waals surface area contributed by atoms with Crippen molar-refractivity contribution >= 4 is 27.6 Å². The van der Waals surface area contributed by atoms with E-state index in [9.17, 15) is 9.59 Å². The molecule has 0 radical (unpaired) electrons. The second-order valence-corrected chi connectivity index (χ2v) is 9.20. The van der Waals surface area contributed by atoms with Gasteiger partial charge in [-0.15, -0.1) is 5.10 Å². The van der Waals surface area contributed by atoms with E-state index >= 15 is 0 Å². The maximum absolute atomic E-state index is 13.3. The number of carbonyl (C=O) groups is 2. The molecule has 0 bridgehead atoms. The van der Waals surface area contributed by atoms with E-state index in [2.05, 4.69) is 26.2 Å². The van der Waals surface area contributed by atoms with Crippen LogP contribution in [-0.4, -0.2) is 44.7 Å². The van der Waals surface area contributed by atoms with Crippen LogP contribution in [0.5, 0.6) is 0 Å². The molecule has 3 aromatic rings. The van der Waals surface area contributed by atoms with Gasteiger partial charge in [0.25, 0.3) is 5.91 Å². The van der Waals surface area contributed by atoms with E-state index in [0.717, 1.165) is 34.3 Å². The van der Waals surface area contributed by atoms with E-state index in [1.165, 1.54) is 0 Å². The van der Waals surface area contributed by atoms with E-state index in [0.29, 0.717) is 37.5 Å². The number of benzene rings is 2. The second kappa shape index (κ2) is 8.38. The summed E-state index contributed by atoms with van der Waals surface area (Å²) in [5, 5.41) is 8.62. The molecule has 6 nitrogen and oxygen atoms in total. The first-order chi connectivity index (χ1) is 15.1. The van der Waals surface area contributed by atoms with Crippen molar-refractivity contribution in [3.8, 4) is 5.69 Å². The van der Waals surface area contributed by atoms with Crippen LogP contribution in [-0.2, 0) is 0 Å². The molecule has 158 valence electrons. The highest BCUT2D eigenvalue weighted by molar-refractivity contribution is 9.10. The van der Waals surface area contributed by atoms with Crippen molar-refractivity contribution in [2.75, 3.05) is 13.1 Å². The second-order valence-electron chi connectivity index (χ2n) is 8.28. The molecule has 1 aliphatic heterocycles. The van der Waals surface area contributed by atoms with Crippen LogP contribution in [0.4, 0.5) is 0 Å². The van der Waals surface area contributed by atoms with Crippen molar-refractivity contribution in [2.45, 2.75) is 31.6 Å². The standard InChI is InChI=1S/C24H23BrN4O2/c25-19-8-10-20(11-9-19)29-22(16-6-7-16)21(26-27-29)24(31)28-14-12-18(13-15-28)23(30)17-4-2-1-3-5-17/h1-5,8-11,16,18H,6-7,12-15H2. The average Bonchev–Trinajstić information content (AvgIpc) is 3.57. The Balaban J connectivity index is 1.32. The number of amides is 1. The predicted octanol–water partition coefficient (Wildman–Crippen LogP) is 4.64. The molecule has 1 saturated carbocycles. The van der Waals surface area contributed by atoms with E-state index in [4.69, 9.17) is 0 Å². The molecule has 0 spiro atoms. The number of piperidine rings is 1. The molecule has 0 atom stereocenters. The maximum atomic E-state index is 13.3. The largest absolute Gasteiger partial charge is 0.337 e. The Kier molecular flexibility index (Phi) is 5.44. The lowest BCUT2D eigenvalue weighted by Crippen LogP contribution is -2.40. The molecule has 2 heterocycles. The fourth-order valence-corrected chi connectivity index (χ4v) is 4.53. The van der Waals surface area contributed by atoms with Gasteiger partial charge in [0.1, 0.15) is 0 Å². The molecule has 0 N–H and O–H groups in total. The number of hydrogen-bond donors (Lipinski definition) is 0. The lowest BCUT2D eigenvalue weighted by Gasteiger charge is -2.31. The molecule has 31 heavy (non-hydrogen) atoms. The third-order valence-electron chi connectivity index (χ3n) is 6.15. The van der Waals surface area contributed by atoms with Gasteiger partial charge in [-0.3, -0.25) is 9.59 Å². The molecule has 1 aliphatic carbocycles. The maximum Gasteiger partial charge on any atom is 0.276 e. The van der Waals surface area contributed by atoms with Crippen molar-refractivity contribution < 1.29 is 9.59 Å². The number of aromatic nitrogens is 3. The Morgan fingerprint density at radius 3 is 2.23 bits per heavy atom. The zero-order chi connectivity index (χ0) is 21.4. The van der Waals surface area contributed by atoms with E-state index in [1.807, 2.05) is 64.2 Å². The third kappa shape index (κ3) is 4.06. The number of rotatable bonds is 5. The smallest absolute Gasteiger partial charge is 0.276 e. The lowest BCUT2D eigenvalue weighted by molar-refractivity contribution is 0.0644. The van der Waals surface area contributed by atoms with Crippen LogP contribution in [0.25, 0.3) is 5.69 Å². The van der Waals surface area contributed by atoms with E-state index < -0.39 is 0 Å². The fourth-order valence-electron chi connectivity index (χ4n) is 4.27. The number of ketones is 1. The SMILES string of the molecule is O=C(c1ccccc1)C1CCN(C(=O)c2nnn(-c3ccc(Br)cc3)c2C2CC2)CC1. The van der Waals surface area contributed by atoms with Crippen LogP contribution < -0.4 is 0 Å². The van der Waals surface area contributed by atoms with Crippen molar-refractivity contribution in [3.05, 3.63) is 76.0 Å². The van der Waals surface area contributed by atoms with Gasteiger partial charge in [0.05, 0.1) is 11.4 Å². The number of likely N-dealkylation sites (tertiary alicyclic amines) is 1. The Hall–Kier alpha value is -2.80. The summed E-state index contributed by atoms with van der Waals surface area (Å²) >= 11 is 3.46. The number of Topliss-reactive ketones (excluding diaryl/α,β-unsaturated/α-hetero) is 1. The summed E-state index contributed by atoms with van der Waals surface area (Å²) in [5.74, 6) is 0.394.